The van der Waals surface area contributed by atoms with Gasteiger partial charge in [0, 0.05) is 6.42 Å². The fourth-order valence-electron chi connectivity index (χ4n) is 1.37. The third kappa shape index (κ3) is 3.28. The number of para-hydroxylation sites is 1. The smallest absolute Gasteiger partial charge is 0.245 e. The molecule has 1 atom stereocenters. The van der Waals surface area contributed by atoms with Gasteiger partial charge in [-0.1, -0.05) is 23.4 Å². The molecule has 0 aliphatic carbocycles. The third-order valence-electron chi connectivity index (χ3n) is 2.34. The second-order valence-electron chi connectivity index (χ2n) is 3.75. The predicted molar refractivity (Wildman–Crippen MR) is 64.0 cm³/mol. The van der Waals surface area contributed by atoms with E-state index in [1.54, 1.807) is 0 Å². The molecular formula is C12H15N3O3. The van der Waals surface area contributed by atoms with Crippen LogP contribution in [0.4, 0.5) is 0 Å². The predicted octanol–water partition coefficient (Wildman–Crippen LogP) is 0.683. The summed E-state index contributed by atoms with van der Waals surface area (Å²) in [4.78, 5) is 4.07. The molecule has 0 saturated heterocycles. The van der Waals surface area contributed by atoms with Gasteiger partial charge in [0.2, 0.25) is 5.89 Å². The second kappa shape index (κ2) is 6.13. The molecule has 1 heterocycles. The lowest BCUT2D eigenvalue weighted by atomic mass is 10.3. The Morgan fingerprint density at radius 3 is 2.83 bits per heavy atom. The highest BCUT2D eigenvalue weighted by Gasteiger charge is 2.13. The molecule has 0 fully saturated rings. The van der Waals surface area contributed by atoms with Crippen LogP contribution in [0.15, 0.2) is 34.9 Å². The highest BCUT2D eigenvalue weighted by atomic mass is 16.5. The molecule has 96 valence electrons. The second-order valence-corrected chi connectivity index (χ2v) is 3.75. The Labute approximate surface area is 104 Å². The van der Waals surface area contributed by atoms with E-state index in [0.717, 1.165) is 5.75 Å². The van der Waals surface area contributed by atoms with E-state index < -0.39 is 6.04 Å². The van der Waals surface area contributed by atoms with Gasteiger partial charge in [-0.25, -0.2) is 0 Å². The number of hydrogen-bond acceptors (Lipinski definition) is 6. The Balaban J connectivity index is 1.82. The molecule has 0 aliphatic rings. The molecule has 0 aliphatic heterocycles. The van der Waals surface area contributed by atoms with Gasteiger partial charge in [-0.2, -0.15) is 4.98 Å². The third-order valence-corrected chi connectivity index (χ3v) is 2.34. The van der Waals surface area contributed by atoms with Crippen molar-refractivity contribution in [3.8, 4) is 5.75 Å². The minimum atomic E-state index is -0.624. The van der Waals surface area contributed by atoms with Crippen molar-refractivity contribution in [1.82, 2.24) is 10.1 Å². The molecule has 0 spiro atoms. The molecule has 0 amide bonds. The summed E-state index contributed by atoms with van der Waals surface area (Å²) in [5.41, 5.74) is 5.55. The van der Waals surface area contributed by atoms with E-state index in [2.05, 4.69) is 10.1 Å². The molecule has 6 heteroatoms. The summed E-state index contributed by atoms with van der Waals surface area (Å²) >= 11 is 0. The van der Waals surface area contributed by atoms with Crippen LogP contribution in [0.1, 0.15) is 17.8 Å². The van der Waals surface area contributed by atoms with Gasteiger partial charge in [-0.05, 0) is 12.1 Å². The molecule has 0 radical (unpaired) electrons. The number of benzene rings is 1. The Morgan fingerprint density at radius 2 is 2.11 bits per heavy atom. The Hall–Kier alpha value is -1.92. The fraction of sp³-hybridized carbons (Fsp3) is 0.333. The quantitative estimate of drug-likeness (QED) is 0.782. The molecule has 18 heavy (non-hydrogen) atoms. The number of aromatic nitrogens is 2. The van der Waals surface area contributed by atoms with Gasteiger partial charge in [-0.15, -0.1) is 0 Å². The van der Waals surface area contributed by atoms with E-state index in [1.165, 1.54) is 0 Å². The number of rotatable bonds is 6. The SMILES string of the molecule is N[C@@H](CO)c1nc(CCOc2ccccc2)no1. The van der Waals surface area contributed by atoms with Crippen LogP contribution in [0.5, 0.6) is 5.75 Å². The number of aliphatic hydroxyl groups is 1. The number of nitrogens with zero attached hydrogens (tertiary/aromatic N) is 2. The van der Waals surface area contributed by atoms with Crippen LogP contribution in [-0.2, 0) is 6.42 Å². The standard InChI is InChI=1S/C12H15N3O3/c13-10(8-16)12-14-11(15-18-12)6-7-17-9-4-2-1-3-5-9/h1-5,10,16H,6-8,13H2/t10-/m0/s1. The molecule has 3 N–H and O–H groups in total. The lowest BCUT2D eigenvalue weighted by Gasteiger charge is -2.03. The molecule has 0 unspecified atom stereocenters. The summed E-state index contributed by atoms with van der Waals surface area (Å²) in [7, 11) is 0. The summed E-state index contributed by atoms with van der Waals surface area (Å²) in [5, 5.41) is 12.6. The first-order valence-electron chi connectivity index (χ1n) is 5.66. The largest absolute Gasteiger partial charge is 0.493 e. The monoisotopic (exact) mass is 249 g/mol. The average Bonchev–Trinajstić information content (AvgIpc) is 2.88. The van der Waals surface area contributed by atoms with E-state index >= 15 is 0 Å². The van der Waals surface area contributed by atoms with Gasteiger partial charge >= 0.3 is 0 Å². The summed E-state index contributed by atoms with van der Waals surface area (Å²) in [6.45, 7) is 0.236. The van der Waals surface area contributed by atoms with E-state index in [-0.39, 0.29) is 12.5 Å². The van der Waals surface area contributed by atoms with Crippen LogP contribution in [-0.4, -0.2) is 28.5 Å². The summed E-state index contributed by atoms with van der Waals surface area (Å²) in [6.07, 6.45) is 0.524. The summed E-state index contributed by atoms with van der Waals surface area (Å²) in [6, 6.07) is 8.87. The van der Waals surface area contributed by atoms with Crippen LogP contribution < -0.4 is 10.5 Å². The van der Waals surface area contributed by atoms with Crippen LogP contribution in [0.2, 0.25) is 0 Å². The van der Waals surface area contributed by atoms with Crippen molar-refractivity contribution in [1.29, 1.82) is 0 Å². The van der Waals surface area contributed by atoms with E-state index in [0.29, 0.717) is 18.9 Å². The average molecular weight is 249 g/mol. The summed E-state index contributed by atoms with van der Waals surface area (Å²) < 4.78 is 10.4. The molecular weight excluding hydrogens is 234 g/mol. The van der Waals surface area contributed by atoms with Crippen LogP contribution in [0, 0.1) is 0 Å². The van der Waals surface area contributed by atoms with E-state index in [1.807, 2.05) is 30.3 Å². The topological polar surface area (TPSA) is 94.4 Å². The van der Waals surface area contributed by atoms with Gasteiger partial charge in [-0.3, -0.25) is 0 Å². The van der Waals surface area contributed by atoms with Gasteiger partial charge in [0.15, 0.2) is 5.82 Å². The number of hydrogen-bond donors (Lipinski definition) is 2. The maximum atomic E-state index is 8.84. The highest BCUT2D eigenvalue weighted by Crippen LogP contribution is 2.10. The van der Waals surface area contributed by atoms with Crippen LogP contribution in [0.25, 0.3) is 0 Å². The summed E-state index contributed by atoms with van der Waals surface area (Å²) in [5.74, 6) is 1.56. The van der Waals surface area contributed by atoms with Crippen molar-refractivity contribution >= 4 is 0 Å². The maximum Gasteiger partial charge on any atom is 0.245 e. The minimum Gasteiger partial charge on any atom is -0.493 e. The first-order chi connectivity index (χ1) is 8.79. The van der Waals surface area contributed by atoms with Crippen molar-refractivity contribution in [2.24, 2.45) is 5.73 Å². The van der Waals surface area contributed by atoms with Gasteiger partial charge in [0.05, 0.1) is 13.2 Å². The molecule has 1 aromatic carbocycles. The minimum absolute atomic E-state index is 0.220. The fourth-order valence-corrected chi connectivity index (χ4v) is 1.37. The Morgan fingerprint density at radius 1 is 1.33 bits per heavy atom. The highest BCUT2D eigenvalue weighted by molar-refractivity contribution is 5.20. The zero-order chi connectivity index (χ0) is 12.8. The molecule has 2 rings (SSSR count). The number of ether oxygens (including phenoxy) is 1. The van der Waals surface area contributed by atoms with Gasteiger partial charge < -0.3 is 20.1 Å². The number of aliphatic hydroxyl groups excluding tert-OH is 1. The van der Waals surface area contributed by atoms with Gasteiger partial charge in [0.1, 0.15) is 11.8 Å². The molecule has 0 bridgehead atoms. The van der Waals surface area contributed by atoms with E-state index in [9.17, 15) is 0 Å². The van der Waals surface area contributed by atoms with E-state index in [4.69, 9.17) is 20.1 Å². The van der Waals surface area contributed by atoms with Crippen molar-refractivity contribution in [3.63, 3.8) is 0 Å². The molecule has 6 nitrogen and oxygen atoms in total. The van der Waals surface area contributed by atoms with Crippen LogP contribution >= 0.6 is 0 Å². The molecule has 0 saturated carbocycles. The van der Waals surface area contributed by atoms with Crippen LogP contribution in [0.3, 0.4) is 0 Å². The van der Waals surface area contributed by atoms with Crippen molar-refractivity contribution in [3.05, 3.63) is 42.0 Å². The maximum absolute atomic E-state index is 8.84. The normalized spacial score (nSPS) is 12.3. The Kier molecular flexibility index (Phi) is 4.27. The lowest BCUT2D eigenvalue weighted by Crippen LogP contribution is -2.14. The molecule has 1 aromatic heterocycles. The van der Waals surface area contributed by atoms with Crippen molar-refractivity contribution in [2.75, 3.05) is 13.2 Å². The van der Waals surface area contributed by atoms with Crippen molar-refractivity contribution < 1.29 is 14.4 Å². The van der Waals surface area contributed by atoms with Gasteiger partial charge in [0.25, 0.3) is 0 Å². The first kappa shape index (κ1) is 12.5. The van der Waals surface area contributed by atoms with Crippen molar-refractivity contribution in [2.45, 2.75) is 12.5 Å². The zero-order valence-electron chi connectivity index (χ0n) is 9.82. The lowest BCUT2D eigenvalue weighted by molar-refractivity contribution is 0.236. The number of nitrogens with two attached hydrogens (primary N) is 1. The first-order valence-corrected chi connectivity index (χ1v) is 5.66. The molecule has 2 aromatic rings. The Bertz CT molecular complexity index is 472. The zero-order valence-corrected chi connectivity index (χ0v) is 9.82.